The molecule has 166 valence electrons. The number of nitrogens with zero attached hydrogens (tertiary/aromatic N) is 1. The molecule has 0 unspecified atom stereocenters. The van der Waals surface area contributed by atoms with Gasteiger partial charge in [0.05, 0.1) is 16.8 Å². The first-order valence-electron chi connectivity index (χ1n) is 11.3. The highest BCUT2D eigenvalue weighted by Gasteiger charge is 2.37. The van der Waals surface area contributed by atoms with Crippen molar-refractivity contribution < 1.29 is 4.74 Å². The number of aliphatic imine (C=N–C) groups is 1. The molecule has 0 aromatic heterocycles. The normalized spacial score (nSPS) is 20.8. The minimum atomic E-state index is 0.292. The molecule has 0 saturated heterocycles. The Labute approximate surface area is 200 Å². The van der Waals surface area contributed by atoms with Crippen LogP contribution in [0.15, 0.2) is 90.5 Å². The van der Waals surface area contributed by atoms with Gasteiger partial charge in [0.15, 0.2) is 0 Å². The predicted molar refractivity (Wildman–Crippen MR) is 138 cm³/mol. The van der Waals surface area contributed by atoms with Crippen LogP contribution in [0.25, 0.3) is 0 Å². The molecule has 3 atom stereocenters. The molecule has 0 spiro atoms. The van der Waals surface area contributed by atoms with Crippen molar-refractivity contribution in [3.63, 3.8) is 0 Å². The Morgan fingerprint density at radius 2 is 1.97 bits per heavy atom. The number of anilines is 1. The van der Waals surface area contributed by atoms with Crippen molar-refractivity contribution in [2.45, 2.75) is 25.3 Å². The molecule has 0 saturated carbocycles. The molecule has 0 bridgehead atoms. The van der Waals surface area contributed by atoms with Gasteiger partial charge in [-0.15, -0.1) is 0 Å². The number of halogens is 1. The summed E-state index contributed by atoms with van der Waals surface area (Å²) in [6, 6.07) is 21.2. The van der Waals surface area contributed by atoms with Crippen molar-refractivity contribution in [2.75, 3.05) is 11.9 Å². The van der Waals surface area contributed by atoms with Gasteiger partial charge in [-0.2, -0.15) is 0 Å². The maximum atomic E-state index is 6.31. The van der Waals surface area contributed by atoms with Gasteiger partial charge in [0.25, 0.3) is 0 Å². The molecular formula is C29H27ClN2O. The summed E-state index contributed by atoms with van der Waals surface area (Å²) < 4.78 is 5.53. The molecule has 1 N–H and O–H groups in total. The van der Waals surface area contributed by atoms with Crippen LogP contribution in [0.2, 0.25) is 5.02 Å². The third-order valence-corrected chi connectivity index (χ3v) is 6.74. The summed E-state index contributed by atoms with van der Waals surface area (Å²) in [7, 11) is 0. The van der Waals surface area contributed by atoms with Crippen molar-refractivity contribution in [1.82, 2.24) is 0 Å². The Balaban J connectivity index is 1.32. The van der Waals surface area contributed by atoms with Gasteiger partial charge in [0, 0.05) is 17.8 Å². The fraction of sp³-hybridized carbons (Fsp3) is 0.207. The minimum Gasteiger partial charge on any atom is -0.488 e. The zero-order chi connectivity index (χ0) is 22.8. The van der Waals surface area contributed by atoms with Gasteiger partial charge in [-0.25, -0.2) is 0 Å². The van der Waals surface area contributed by atoms with Crippen LogP contribution >= 0.6 is 11.6 Å². The molecule has 2 aliphatic rings. The van der Waals surface area contributed by atoms with E-state index in [9.17, 15) is 0 Å². The number of rotatable bonds is 6. The third-order valence-electron chi connectivity index (χ3n) is 6.45. The first-order valence-corrected chi connectivity index (χ1v) is 11.7. The smallest absolute Gasteiger partial charge is 0.138 e. The van der Waals surface area contributed by atoms with Crippen LogP contribution in [-0.2, 0) is 0 Å². The van der Waals surface area contributed by atoms with E-state index in [1.54, 1.807) is 6.08 Å². The van der Waals surface area contributed by atoms with Gasteiger partial charge < -0.3 is 10.1 Å². The van der Waals surface area contributed by atoms with Crippen molar-refractivity contribution in [3.05, 3.63) is 113 Å². The SMILES string of the molecule is C=CCOc1ccc(C=Nc2ccc([C@@H]3Nc4ccc(C)cc4[C@H]4C=CC[C@@H]43)cc2)cc1Cl. The minimum absolute atomic E-state index is 0.292. The van der Waals surface area contributed by atoms with Gasteiger partial charge in [-0.3, -0.25) is 4.99 Å². The Morgan fingerprint density at radius 3 is 2.76 bits per heavy atom. The van der Waals surface area contributed by atoms with Crippen LogP contribution in [0.4, 0.5) is 11.4 Å². The average molecular weight is 455 g/mol. The number of ether oxygens (including phenoxy) is 1. The number of nitrogens with one attached hydrogen (secondary N) is 1. The molecule has 0 amide bonds. The predicted octanol–water partition coefficient (Wildman–Crippen LogP) is 7.79. The molecule has 0 fully saturated rings. The highest BCUT2D eigenvalue weighted by atomic mass is 35.5. The van der Waals surface area contributed by atoms with E-state index in [2.05, 4.69) is 78.4 Å². The summed E-state index contributed by atoms with van der Waals surface area (Å²) in [5.74, 6) is 1.67. The van der Waals surface area contributed by atoms with E-state index in [0.717, 1.165) is 17.7 Å². The van der Waals surface area contributed by atoms with E-state index in [0.29, 0.717) is 35.3 Å². The summed E-state index contributed by atoms with van der Waals surface area (Å²) in [5.41, 5.74) is 7.12. The molecule has 3 aromatic rings. The number of benzene rings is 3. The molecule has 4 heteroatoms. The lowest BCUT2D eigenvalue weighted by atomic mass is 9.76. The lowest BCUT2D eigenvalue weighted by Gasteiger charge is -2.37. The highest BCUT2D eigenvalue weighted by molar-refractivity contribution is 6.32. The lowest BCUT2D eigenvalue weighted by molar-refractivity contribution is 0.363. The molecule has 5 rings (SSSR count). The van der Waals surface area contributed by atoms with Crippen molar-refractivity contribution in [2.24, 2.45) is 10.9 Å². The number of fused-ring (bicyclic) bond motifs is 3. The summed E-state index contributed by atoms with van der Waals surface area (Å²) in [6.07, 6.45) is 9.34. The molecular weight excluding hydrogens is 428 g/mol. The molecule has 3 nitrogen and oxygen atoms in total. The summed E-state index contributed by atoms with van der Waals surface area (Å²) >= 11 is 6.31. The number of aryl methyl sites for hydroxylation is 1. The molecule has 1 aliphatic carbocycles. The Kier molecular flexibility index (Phi) is 6.06. The van der Waals surface area contributed by atoms with Gasteiger partial charge in [-0.1, -0.05) is 66.2 Å². The second-order valence-electron chi connectivity index (χ2n) is 8.71. The maximum absolute atomic E-state index is 6.31. The molecule has 1 heterocycles. The summed E-state index contributed by atoms with van der Waals surface area (Å²) in [5, 5.41) is 4.37. The fourth-order valence-corrected chi connectivity index (χ4v) is 5.07. The first-order chi connectivity index (χ1) is 16.1. The largest absolute Gasteiger partial charge is 0.488 e. The van der Waals surface area contributed by atoms with Crippen LogP contribution in [0.5, 0.6) is 5.75 Å². The topological polar surface area (TPSA) is 33.6 Å². The Bertz CT molecular complexity index is 1230. The number of allylic oxidation sites excluding steroid dienone is 2. The van der Waals surface area contributed by atoms with Crippen molar-refractivity contribution in [1.29, 1.82) is 0 Å². The van der Waals surface area contributed by atoms with E-state index in [1.165, 1.54) is 22.4 Å². The number of hydrogen-bond donors (Lipinski definition) is 1. The summed E-state index contributed by atoms with van der Waals surface area (Å²) in [4.78, 5) is 4.63. The van der Waals surface area contributed by atoms with Crippen LogP contribution < -0.4 is 10.1 Å². The fourth-order valence-electron chi connectivity index (χ4n) is 4.82. The van der Waals surface area contributed by atoms with E-state index >= 15 is 0 Å². The third kappa shape index (κ3) is 4.46. The first kappa shape index (κ1) is 21.5. The maximum Gasteiger partial charge on any atom is 0.138 e. The lowest BCUT2D eigenvalue weighted by Crippen LogP contribution is -2.29. The van der Waals surface area contributed by atoms with E-state index in [4.69, 9.17) is 16.3 Å². The van der Waals surface area contributed by atoms with Gasteiger partial charge in [0.2, 0.25) is 0 Å². The summed E-state index contributed by atoms with van der Waals surface area (Å²) in [6.45, 7) is 6.25. The van der Waals surface area contributed by atoms with Crippen LogP contribution in [0, 0.1) is 12.8 Å². The number of hydrogen-bond acceptors (Lipinski definition) is 3. The van der Waals surface area contributed by atoms with E-state index in [-0.39, 0.29) is 0 Å². The van der Waals surface area contributed by atoms with Gasteiger partial charge in [0.1, 0.15) is 12.4 Å². The van der Waals surface area contributed by atoms with Gasteiger partial charge in [-0.05, 0) is 72.4 Å². The molecule has 33 heavy (non-hydrogen) atoms. The van der Waals surface area contributed by atoms with Crippen LogP contribution in [0.1, 0.15) is 40.6 Å². The van der Waals surface area contributed by atoms with Crippen LogP contribution in [0.3, 0.4) is 0 Å². The highest BCUT2D eigenvalue weighted by Crippen LogP contribution is 2.50. The monoisotopic (exact) mass is 454 g/mol. The van der Waals surface area contributed by atoms with E-state index < -0.39 is 0 Å². The zero-order valence-electron chi connectivity index (χ0n) is 18.7. The zero-order valence-corrected chi connectivity index (χ0v) is 19.4. The second-order valence-corrected chi connectivity index (χ2v) is 9.11. The van der Waals surface area contributed by atoms with Crippen molar-refractivity contribution in [3.8, 4) is 5.75 Å². The quantitative estimate of drug-likeness (QED) is 0.304. The Morgan fingerprint density at radius 1 is 1.12 bits per heavy atom. The Hall–Kier alpha value is -3.30. The molecule has 0 radical (unpaired) electrons. The van der Waals surface area contributed by atoms with Gasteiger partial charge >= 0.3 is 0 Å². The van der Waals surface area contributed by atoms with Crippen molar-refractivity contribution >= 4 is 29.2 Å². The van der Waals surface area contributed by atoms with E-state index in [1.807, 2.05) is 24.4 Å². The molecule has 3 aromatic carbocycles. The molecule has 1 aliphatic heterocycles. The second kappa shape index (κ2) is 9.29. The average Bonchev–Trinajstić information content (AvgIpc) is 3.33. The standard InChI is InChI=1S/C29H27ClN2O/c1-3-15-33-28-14-8-20(17-26(28)30)18-31-22-11-9-21(10-12-22)29-24-6-4-5-23(24)25-16-19(2)7-13-27(25)32-29/h3-5,7-14,16-18,23-24,29,32H,1,6,15H2,2H3/t23-,24-,29-/m0/s1. The van der Waals surface area contributed by atoms with Crippen LogP contribution in [-0.4, -0.2) is 12.8 Å².